The first kappa shape index (κ1) is 16.7. The van der Waals surface area contributed by atoms with E-state index in [-0.39, 0.29) is 18.1 Å². The minimum absolute atomic E-state index is 0.0371. The van der Waals surface area contributed by atoms with Gasteiger partial charge in [-0.3, -0.25) is 4.79 Å². The van der Waals surface area contributed by atoms with E-state index in [4.69, 9.17) is 16.3 Å². The van der Waals surface area contributed by atoms with Gasteiger partial charge in [-0.15, -0.1) is 11.8 Å². The van der Waals surface area contributed by atoms with Crippen molar-refractivity contribution in [2.24, 2.45) is 4.99 Å². The summed E-state index contributed by atoms with van der Waals surface area (Å²) in [6, 6.07) is 7.60. The lowest BCUT2D eigenvalue weighted by Crippen LogP contribution is -2.30. The molecule has 2 unspecified atom stereocenters. The van der Waals surface area contributed by atoms with Crippen LogP contribution in [-0.2, 0) is 9.53 Å². The third-order valence-electron chi connectivity index (χ3n) is 4.19. The van der Waals surface area contributed by atoms with Crippen LogP contribution in [0.5, 0.6) is 0 Å². The Bertz CT molecular complexity index is 585. The fraction of sp³-hybridized carbons (Fsp3) is 0.529. The summed E-state index contributed by atoms with van der Waals surface area (Å²) >= 11 is 7.56. The number of thioether (sulfide) groups is 1. The highest BCUT2D eigenvalue weighted by atomic mass is 35.5. The largest absolute Gasteiger partial charge is 0.472 e. The van der Waals surface area contributed by atoms with Crippen molar-refractivity contribution in [2.75, 3.05) is 24.6 Å². The molecular weight excluding hydrogens is 332 g/mol. The van der Waals surface area contributed by atoms with Gasteiger partial charge in [0.05, 0.1) is 11.8 Å². The van der Waals surface area contributed by atoms with E-state index in [2.05, 4.69) is 4.99 Å². The van der Waals surface area contributed by atoms with Crippen molar-refractivity contribution in [2.45, 2.75) is 31.9 Å². The van der Waals surface area contributed by atoms with E-state index in [0.717, 1.165) is 37.2 Å². The predicted octanol–water partition coefficient (Wildman–Crippen LogP) is 3.23. The molecule has 3 rings (SSSR count). The molecule has 0 saturated carbocycles. The Hall–Kier alpha value is -1.20. The molecule has 1 aromatic carbocycles. The summed E-state index contributed by atoms with van der Waals surface area (Å²) in [4.78, 5) is 18.7. The van der Waals surface area contributed by atoms with Crippen LogP contribution >= 0.6 is 23.4 Å². The number of hydrogen-bond acceptors (Lipinski definition) is 4. The zero-order valence-electron chi connectivity index (χ0n) is 13.2. The van der Waals surface area contributed by atoms with Crippen LogP contribution in [0.1, 0.15) is 25.3 Å². The number of ether oxygens (including phenoxy) is 1. The maximum Gasteiger partial charge on any atom is 0.232 e. The second-order valence-corrected chi connectivity index (χ2v) is 7.40. The topological polar surface area (TPSA) is 41.9 Å². The molecule has 6 heteroatoms. The quantitative estimate of drug-likeness (QED) is 0.817. The number of nitrogens with zero attached hydrogens (tertiary/aromatic N) is 2. The van der Waals surface area contributed by atoms with Crippen molar-refractivity contribution in [3.05, 3.63) is 34.9 Å². The van der Waals surface area contributed by atoms with E-state index in [1.54, 1.807) is 11.8 Å². The van der Waals surface area contributed by atoms with Crippen LogP contribution in [0, 0.1) is 0 Å². The monoisotopic (exact) mass is 352 g/mol. The van der Waals surface area contributed by atoms with Crippen LogP contribution in [-0.4, -0.2) is 53.4 Å². The summed E-state index contributed by atoms with van der Waals surface area (Å²) in [5, 5.41) is 0.702. The van der Waals surface area contributed by atoms with E-state index >= 15 is 0 Å². The lowest BCUT2D eigenvalue weighted by molar-refractivity contribution is -0.127. The maximum atomic E-state index is 12.0. The first-order chi connectivity index (χ1) is 11.1. The fourth-order valence-electron chi connectivity index (χ4n) is 2.77. The summed E-state index contributed by atoms with van der Waals surface area (Å²) in [6.45, 7) is 3.86. The fourth-order valence-corrected chi connectivity index (χ4v) is 3.96. The van der Waals surface area contributed by atoms with E-state index in [1.807, 2.05) is 36.1 Å². The summed E-state index contributed by atoms with van der Waals surface area (Å²) in [7, 11) is 0. The molecule has 2 aliphatic rings. The van der Waals surface area contributed by atoms with Crippen molar-refractivity contribution < 1.29 is 9.53 Å². The molecule has 4 nitrogen and oxygen atoms in total. The van der Waals surface area contributed by atoms with Crippen LogP contribution in [0.3, 0.4) is 0 Å². The summed E-state index contributed by atoms with van der Waals surface area (Å²) < 4.78 is 5.86. The van der Waals surface area contributed by atoms with Gasteiger partial charge in [0.2, 0.25) is 11.8 Å². The van der Waals surface area contributed by atoms with Crippen LogP contribution < -0.4 is 0 Å². The number of halogens is 1. The second kappa shape index (κ2) is 7.58. The smallest absolute Gasteiger partial charge is 0.232 e. The van der Waals surface area contributed by atoms with Gasteiger partial charge in [0.15, 0.2) is 0 Å². The average molecular weight is 353 g/mol. The van der Waals surface area contributed by atoms with E-state index in [9.17, 15) is 4.79 Å². The molecule has 0 aliphatic carbocycles. The molecule has 2 atom stereocenters. The molecule has 1 amide bonds. The average Bonchev–Trinajstić information content (AvgIpc) is 3.18. The van der Waals surface area contributed by atoms with Gasteiger partial charge in [0.1, 0.15) is 6.10 Å². The van der Waals surface area contributed by atoms with Gasteiger partial charge in [-0.2, -0.15) is 0 Å². The van der Waals surface area contributed by atoms with Gasteiger partial charge < -0.3 is 9.64 Å². The molecule has 1 saturated heterocycles. The lowest BCUT2D eigenvalue weighted by atomic mass is 10.2. The highest BCUT2D eigenvalue weighted by molar-refractivity contribution is 8.00. The van der Waals surface area contributed by atoms with Crippen molar-refractivity contribution in [1.29, 1.82) is 0 Å². The molecule has 0 spiro atoms. The zero-order valence-corrected chi connectivity index (χ0v) is 14.8. The van der Waals surface area contributed by atoms with E-state index in [0.29, 0.717) is 16.7 Å². The molecule has 2 aliphatic heterocycles. The van der Waals surface area contributed by atoms with E-state index in [1.165, 1.54) is 0 Å². The van der Waals surface area contributed by atoms with Crippen molar-refractivity contribution in [3.63, 3.8) is 0 Å². The van der Waals surface area contributed by atoms with E-state index < -0.39 is 0 Å². The van der Waals surface area contributed by atoms with Gasteiger partial charge in [0, 0.05) is 29.4 Å². The van der Waals surface area contributed by atoms with Gasteiger partial charge in [-0.05, 0) is 44.0 Å². The number of likely N-dealkylation sites (tertiary alicyclic amines) is 1. The Morgan fingerprint density at radius 2 is 2.04 bits per heavy atom. The summed E-state index contributed by atoms with van der Waals surface area (Å²) in [5.74, 6) is 2.26. The molecule has 0 N–H and O–H groups in total. The Morgan fingerprint density at radius 3 is 2.74 bits per heavy atom. The molecule has 0 bridgehead atoms. The third-order valence-corrected chi connectivity index (χ3v) is 5.47. The molecule has 0 radical (unpaired) electrons. The number of amides is 1. The van der Waals surface area contributed by atoms with Gasteiger partial charge in [-0.25, -0.2) is 4.99 Å². The molecule has 1 aromatic rings. The predicted molar refractivity (Wildman–Crippen MR) is 95.5 cm³/mol. The molecule has 0 aromatic heterocycles. The van der Waals surface area contributed by atoms with Crippen LogP contribution in [0.4, 0.5) is 0 Å². The van der Waals surface area contributed by atoms with Crippen molar-refractivity contribution >= 4 is 35.2 Å². The Kier molecular flexibility index (Phi) is 5.49. The minimum Gasteiger partial charge on any atom is -0.472 e. The maximum absolute atomic E-state index is 12.0. The minimum atomic E-state index is 0.0371. The molecule has 23 heavy (non-hydrogen) atoms. The molecule has 124 valence electrons. The number of carbonyl (C=O) groups is 1. The Balaban J connectivity index is 1.51. The number of aliphatic imine (C=N–C) groups is 1. The standard InChI is InChI=1S/C17H21ClN2O2S/c1-12-15(10-23-11-16(21)20-8-2-3-9-20)19-17(22-12)13-4-6-14(18)7-5-13/h4-7,12,15H,2-3,8-11H2,1H3. The highest BCUT2D eigenvalue weighted by Crippen LogP contribution is 2.22. The number of hydrogen-bond donors (Lipinski definition) is 0. The number of benzene rings is 1. The summed E-state index contributed by atoms with van der Waals surface area (Å²) in [5.41, 5.74) is 0.946. The van der Waals surface area contributed by atoms with Crippen LogP contribution in [0.25, 0.3) is 0 Å². The third kappa shape index (κ3) is 4.21. The first-order valence-corrected chi connectivity index (χ1v) is 9.52. The van der Waals surface area contributed by atoms with Gasteiger partial charge in [0.25, 0.3) is 0 Å². The Labute approximate surface area is 146 Å². The summed E-state index contributed by atoms with van der Waals surface area (Å²) in [6.07, 6.45) is 2.31. The van der Waals surface area contributed by atoms with Crippen molar-refractivity contribution in [1.82, 2.24) is 4.90 Å². The highest BCUT2D eigenvalue weighted by Gasteiger charge is 2.28. The first-order valence-electron chi connectivity index (χ1n) is 7.99. The molecule has 1 fully saturated rings. The van der Waals surface area contributed by atoms with Crippen molar-refractivity contribution in [3.8, 4) is 0 Å². The number of carbonyl (C=O) groups excluding carboxylic acids is 1. The second-order valence-electron chi connectivity index (χ2n) is 5.93. The Morgan fingerprint density at radius 1 is 1.35 bits per heavy atom. The van der Waals surface area contributed by atoms with Crippen LogP contribution in [0.15, 0.2) is 29.3 Å². The number of rotatable bonds is 5. The lowest BCUT2D eigenvalue weighted by Gasteiger charge is -2.16. The van der Waals surface area contributed by atoms with Crippen LogP contribution in [0.2, 0.25) is 5.02 Å². The van der Waals surface area contributed by atoms with Gasteiger partial charge in [-0.1, -0.05) is 11.6 Å². The normalized spacial score (nSPS) is 23.7. The van der Waals surface area contributed by atoms with Gasteiger partial charge >= 0.3 is 0 Å². The zero-order chi connectivity index (χ0) is 16.2. The molecular formula is C17H21ClN2O2S. The SMILES string of the molecule is CC1OC(c2ccc(Cl)cc2)=NC1CSCC(=O)N1CCCC1. The molecule has 2 heterocycles.